The Bertz CT molecular complexity index is 396. The molecule has 0 spiro atoms. The molecule has 1 heterocycles. The number of hydrogen-bond donors (Lipinski definition) is 1. The topological polar surface area (TPSA) is 34.1 Å². The lowest BCUT2D eigenvalue weighted by atomic mass is 10.1. The van der Waals surface area contributed by atoms with Gasteiger partial charge in [0.15, 0.2) is 0 Å². The second-order valence-electron chi connectivity index (χ2n) is 4.84. The van der Waals surface area contributed by atoms with Gasteiger partial charge in [0, 0.05) is 25.0 Å². The number of hydrogen-bond acceptors (Lipinski definition) is 3. The number of aromatic nitrogens is 1. The monoisotopic (exact) mass is 290 g/mol. The van der Waals surface area contributed by atoms with Crippen LogP contribution in [0.4, 0.5) is 18.9 Å². The summed E-state index contributed by atoms with van der Waals surface area (Å²) in [5.74, 6) is 0. The lowest BCUT2D eigenvalue weighted by Gasteiger charge is -2.19. The van der Waals surface area contributed by atoms with E-state index in [2.05, 4.69) is 15.0 Å². The molecule has 1 N–H and O–H groups in total. The van der Waals surface area contributed by atoms with E-state index in [1.807, 2.05) is 19.9 Å². The van der Waals surface area contributed by atoms with Crippen molar-refractivity contribution in [2.45, 2.75) is 45.3 Å². The van der Waals surface area contributed by atoms with Crippen LogP contribution in [-0.2, 0) is 4.74 Å². The molecule has 0 amide bonds. The minimum absolute atomic E-state index is 0.0937. The van der Waals surface area contributed by atoms with Crippen molar-refractivity contribution in [2.24, 2.45) is 0 Å². The second-order valence-corrected chi connectivity index (χ2v) is 4.84. The highest BCUT2D eigenvalue weighted by molar-refractivity contribution is 5.43. The maximum absolute atomic E-state index is 12.0. The molecular formula is C14H21F3N2O. The number of anilines is 1. The molecule has 0 saturated carbocycles. The van der Waals surface area contributed by atoms with Gasteiger partial charge in [-0.1, -0.05) is 13.3 Å². The third-order valence-corrected chi connectivity index (χ3v) is 2.76. The molecule has 0 saturated heterocycles. The van der Waals surface area contributed by atoms with Gasteiger partial charge >= 0.3 is 6.18 Å². The second kappa shape index (κ2) is 8.09. The Labute approximate surface area is 117 Å². The Balaban J connectivity index is 2.40. The van der Waals surface area contributed by atoms with E-state index in [0.29, 0.717) is 6.42 Å². The Morgan fingerprint density at radius 2 is 2.05 bits per heavy atom. The number of halogens is 3. The normalized spacial score (nSPS) is 13.2. The average molecular weight is 290 g/mol. The van der Waals surface area contributed by atoms with Crippen molar-refractivity contribution in [3.05, 3.63) is 24.0 Å². The highest BCUT2D eigenvalue weighted by Gasteiger charge is 2.27. The summed E-state index contributed by atoms with van der Waals surface area (Å²) in [5.41, 5.74) is 1.93. The molecule has 1 rings (SSSR count). The zero-order valence-corrected chi connectivity index (χ0v) is 11.8. The van der Waals surface area contributed by atoms with Crippen molar-refractivity contribution in [3.8, 4) is 0 Å². The molecule has 20 heavy (non-hydrogen) atoms. The van der Waals surface area contributed by atoms with Crippen LogP contribution < -0.4 is 5.32 Å². The average Bonchev–Trinajstić information content (AvgIpc) is 2.33. The van der Waals surface area contributed by atoms with E-state index in [0.717, 1.165) is 24.1 Å². The minimum Gasteiger partial charge on any atom is -0.381 e. The van der Waals surface area contributed by atoms with Crippen molar-refractivity contribution in [1.82, 2.24) is 4.98 Å². The van der Waals surface area contributed by atoms with E-state index in [1.54, 1.807) is 12.4 Å². The summed E-state index contributed by atoms with van der Waals surface area (Å²) in [7, 11) is 0. The first-order valence-corrected chi connectivity index (χ1v) is 6.73. The van der Waals surface area contributed by atoms with Gasteiger partial charge in [-0.3, -0.25) is 4.98 Å². The summed E-state index contributed by atoms with van der Waals surface area (Å²) in [4.78, 5) is 4.08. The number of nitrogens with zero attached hydrogens (tertiary/aromatic N) is 1. The molecule has 0 aliphatic carbocycles. The zero-order valence-electron chi connectivity index (χ0n) is 11.8. The molecule has 1 unspecified atom stereocenters. The molecule has 1 aromatic rings. The highest BCUT2D eigenvalue weighted by Crippen LogP contribution is 2.16. The first-order chi connectivity index (χ1) is 9.40. The van der Waals surface area contributed by atoms with Crippen molar-refractivity contribution in [2.75, 3.05) is 18.5 Å². The van der Waals surface area contributed by atoms with Crippen molar-refractivity contribution in [3.63, 3.8) is 0 Å². The summed E-state index contributed by atoms with van der Waals surface area (Å²) >= 11 is 0. The third kappa shape index (κ3) is 7.33. The van der Waals surface area contributed by atoms with Crippen molar-refractivity contribution < 1.29 is 17.9 Å². The molecule has 1 atom stereocenters. The molecular weight excluding hydrogens is 269 g/mol. The van der Waals surface area contributed by atoms with E-state index < -0.39 is 12.8 Å². The van der Waals surface area contributed by atoms with Gasteiger partial charge in [-0.05, 0) is 31.4 Å². The summed E-state index contributed by atoms with van der Waals surface area (Å²) in [6.07, 6.45) is 1.59. The molecule has 0 aliphatic rings. The van der Waals surface area contributed by atoms with Crippen LogP contribution >= 0.6 is 0 Å². The fourth-order valence-electron chi connectivity index (χ4n) is 1.92. The smallest absolute Gasteiger partial charge is 0.381 e. The predicted octanol–water partition coefficient (Wildman–Crippen LogP) is 3.94. The maximum Gasteiger partial charge on any atom is 0.411 e. The van der Waals surface area contributed by atoms with Crippen LogP contribution in [0.3, 0.4) is 0 Å². The summed E-state index contributed by atoms with van der Waals surface area (Å²) < 4.78 is 40.6. The van der Waals surface area contributed by atoms with Crippen LogP contribution in [0.2, 0.25) is 0 Å². The fourth-order valence-corrected chi connectivity index (χ4v) is 1.92. The van der Waals surface area contributed by atoms with Gasteiger partial charge in [0.2, 0.25) is 0 Å². The lowest BCUT2D eigenvalue weighted by Crippen LogP contribution is -2.24. The van der Waals surface area contributed by atoms with E-state index in [-0.39, 0.29) is 12.6 Å². The molecule has 6 heteroatoms. The molecule has 0 aliphatic heterocycles. The van der Waals surface area contributed by atoms with E-state index >= 15 is 0 Å². The quantitative estimate of drug-likeness (QED) is 0.736. The van der Waals surface area contributed by atoms with Crippen molar-refractivity contribution >= 4 is 5.69 Å². The van der Waals surface area contributed by atoms with Crippen LogP contribution in [0.1, 0.15) is 31.7 Å². The van der Waals surface area contributed by atoms with E-state index in [1.165, 1.54) is 0 Å². The van der Waals surface area contributed by atoms with Gasteiger partial charge in [-0.25, -0.2) is 0 Å². The molecule has 0 radical (unpaired) electrons. The van der Waals surface area contributed by atoms with Gasteiger partial charge in [0.05, 0.1) is 5.69 Å². The molecule has 114 valence electrons. The number of aryl methyl sites for hydroxylation is 1. The number of pyridine rings is 1. The van der Waals surface area contributed by atoms with Crippen molar-refractivity contribution in [1.29, 1.82) is 0 Å². The minimum atomic E-state index is -4.26. The lowest BCUT2D eigenvalue weighted by molar-refractivity contribution is -0.174. The molecule has 0 fully saturated rings. The third-order valence-electron chi connectivity index (χ3n) is 2.76. The Morgan fingerprint density at radius 1 is 1.30 bits per heavy atom. The number of rotatable bonds is 8. The summed E-state index contributed by atoms with van der Waals surface area (Å²) in [6.45, 7) is 2.90. The van der Waals surface area contributed by atoms with Crippen LogP contribution in [0.25, 0.3) is 0 Å². The van der Waals surface area contributed by atoms with Crippen LogP contribution in [0.5, 0.6) is 0 Å². The fraction of sp³-hybridized carbons (Fsp3) is 0.643. The van der Waals surface area contributed by atoms with Gasteiger partial charge < -0.3 is 10.1 Å². The standard InChI is InChI=1S/C14H21F3N2O/c1-3-4-12(5-6-20-10-14(15,16)17)19-13-7-11(2)8-18-9-13/h7-9,12,19H,3-6,10H2,1-2H3. The largest absolute Gasteiger partial charge is 0.411 e. The van der Waals surface area contributed by atoms with Crippen LogP contribution in [0, 0.1) is 6.92 Å². The Kier molecular flexibility index (Phi) is 6.78. The molecule has 3 nitrogen and oxygen atoms in total. The molecule has 0 aromatic carbocycles. The number of ether oxygens (including phenoxy) is 1. The van der Waals surface area contributed by atoms with E-state index in [4.69, 9.17) is 0 Å². The Hall–Kier alpha value is -1.30. The van der Waals surface area contributed by atoms with Crippen LogP contribution in [0.15, 0.2) is 18.5 Å². The predicted molar refractivity (Wildman–Crippen MR) is 72.8 cm³/mol. The molecule has 0 bridgehead atoms. The highest BCUT2D eigenvalue weighted by atomic mass is 19.4. The summed E-state index contributed by atoms with van der Waals surface area (Å²) in [5, 5.41) is 3.29. The first-order valence-electron chi connectivity index (χ1n) is 6.73. The van der Waals surface area contributed by atoms with Gasteiger partial charge in [-0.15, -0.1) is 0 Å². The number of alkyl halides is 3. The molecule has 1 aromatic heterocycles. The maximum atomic E-state index is 12.0. The van der Waals surface area contributed by atoms with Gasteiger partial charge in [0.25, 0.3) is 0 Å². The van der Waals surface area contributed by atoms with Gasteiger partial charge in [0.1, 0.15) is 6.61 Å². The zero-order chi connectivity index (χ0) is 15.0. The first kappa shape index (κ1) is 16.8. The van der Waals surface area contributed by atoms with Gasteiger partial charge in [-0.2, -0.15) is 13.2 Å². The van der Waals surface area contributed by atoms with Crippen LogP contribution in [-0.4, -0.2) is 30.4 Å². The Morgan fingerprint density at radius 3 is 2.65 bits per heavy atom. The summed E-state index contributed by atoms with van der Waals surface area (Å²) in [6, 6.07) is 2.06. The SMILES string of the molecule is CCCC(CCOCC(F)(F)F)Nc1cncc(C)c1. The number of nitrogens with one attached hydrogen (secondary N) is 1. The van der Waals surface area contributed by atoms with E-state index in [9.17, 15) is 13.2 Å².